The van der Waals surface area contributed by atoms with Crippen LogP contribution in [0.25, 0.3) is 0 Å². The van der Waals surface area contributed by atoms with Gasteiger partial charge in [0.05, 0.1) is 6.54 Å². The molecule has 92 valence electrons. The molecule has 0 saturated carbocycles. The second-order valence-electron chi connectivity index (χ2n) is 4.95. The molecular formula is C12H17N3S2. The predicted molar refractivity (Wildman–Crippen MR) is 73.6 cm³/mol. The summed E-state index contributed by atoms with van der Waals surface area (Å²) >= 11 is 3.46. The molecule has 0 unspecified atom stereocenters. The third kappa shape index (κ3) is 4.18. The first-order chi connectivity index (χ1) is 8.03. The highest BCUT2D eigenvalue weighted by Crippen LogP contribution is 2.18. The smallest absolute Gasteiger partial charge is 0.131 e. The van der Waals surface area contributed by atoms with Gasteiger partial charge in [-0.3, -0.25) is 0 Å². The largest absolute Gasteiger partial charge is 0.306 e. The summed E-state index contributed by atoms with van der Waals surface area (Å²) in [6.45, 7) is 7.26. The molecule has 2 aromatic heterocycles. The third-order valence-corrected chi connectivity index (χ3v) is 3.98. The van der Waals surface area contributed by atoms with Crippen molar-refractivity contribution in [1.29, 1.82) is 0 Å². The van der Waals surface area contributed by atoms with Crippen LogP contribution in [-0.4, -0.2) is 15.7 Å². The minimum Gasteiger partial charge on any atom is -0.306 e. The summed E-state index contributed by atoms with van der Waals surface area (Å²) in [5, 5.41) is 16.1. The lowest BCUT2D eigenvalue weighted by Crippen LogP contribution is -2.35. The summed E-state index contributed by atoms with van der Waals surface area (Å²) in [6, 6.07) is 4.21. The average Bonchev–Trinajstić information content (AvgIpc) is 2.86. The zero-order valence-corrected chi connectivity index (χ0v) is 12.0. The number of hydrogen-bond donors (Lipinski definition) is 1. The molecule has 1 N–H and O–H groups in total. The molecule has 2 aromatic rings. The van der Waals surface area contributed by atoms with Crippen molar-refractivity contribution < 1.29 is 0 Å². The highest BCUT2D eigenvalue weighted by atomic mass is 32.1. The van der Waals surface area contributed by atoms with E-state index >= 15 is 0 Å². The van der Waals surface area contributed by atoms with Crippen molar-refractivity contribution in [3.05, 3.63) is 32.4 Å². The molecular weight excluding hydrogens is 250 g/mol. The van der Waals surface area contributed by atoms with Gasteiger partial charge < -0.3 is 5.32 Å². The topological polar surface area (TPSA) is 37.8 Å². The van der Waals surface area contributed by atoms with Crippen LogP contribution in [0.5, 0.6) is 0 Å². The van der Waals surface area contributed by atoms with Crippen molar-refractivity contribution >= 4 is 22.7 Å². The van der Waals surface area contributed by atoms with Gasteiger partial charge in [0.1, 0.15) is 10.0 Å². The Kier molecular flexibility index (Phi) is 3.91. The molecule has 0 aliphatic rings. The minimum absolute atomic E-state index is 0.125. The van der Waals surface area contributed by atoms with Gasteiger partial charge in [0, 0.05) is 16.8 Å². The fraction of sp³-hybridized carbons (Fsp3) is 0.500. The molecule has 0 atom stereocenters. The van der Waals surface area contributed by atoms with Crippen molar-refractivity contribution in [3.63, 3.8) is 0 Å². The Bertz CT molecular complexity index is 454. The predicted octanol–water partition coefficient (Wildman–Crippen LogP) is 3.08. The van der Waals surface area contributed by atoms with Gasteiger partial charge >= 0.3 is 0 Å². The highest BCUT2D eigenvalue weighted by molar-refractivity contribution is 7.12. The van der Waals surface area contributed by atoms with Crippen LogP contribution in [0.15, 0.2) is 17.5 Å². The molecule has 0 aliphatic heterocycles. The SMILES string of the molecule is CC(C)(C)NCc1nnc(Cc2cccs2)s1. The lowest BCUT2D eigenvalue weighted by atomic mass is 10.1. The van der Waals surface area contributed by atoms with E-state index in [1.54, 1.807) is 22.7 Å². The first-order valence-electron chi connectivity index (χ1n) is 5.61. The van der Waals surface area contributed by atoms with Gasteiger partial charge in [-0.05, 0) is 32.2 Å². The van der Waals surface area contributed by atoms with E-state index < -0.39 is 0 Å². The number of hydrogen-bond acceptors (Lipinski definition) is 5. The lowest BCUT2D eigenvalue weighted by Gasteiger charge is -2.19. The summed E-state index contributed by atoms with van der Waals surface area (Å²) in [5.41, 5.74) is 0.125. The van der Waals surface area contributed by atoms with Crippen LogP contribution in [0.4, 0.5) is 0 Å². The third-order valence-electron chi connectivity index (χ3n) is 2.18. The Morgan fingerprint density at radius 2 is 2.00 bits per heavy atom. The lowest BCUT2D eigenvalue weighted by molar-refractivity contribution is 0.423. The monoisotopic (exact) mass is 267 g/mol. The first-order valence-corrected chi connectivity index (χ1v) is 7.31. The number of thiophene rings is 1. The van der Waals surface area contributed by atoms with Crippen molar-refractivity contribution in [2.45, 2.75) is 39.3 Å². The molecule has 5 heteroatoms. The van der Waals surface area contributed by atoms with Crippen LogP contribution < -0.4 is 5.32 Å². The summed E-state index contributed by atoms with van der Waals surface area (Å²) in [6.07, 6.45) is 0.908. The summed E-state index contributed by atoms with van der Waals surface area (Å²) in [7, 11) is 0. The molecule has 3 nitrogen and oxygen atoms in total. The fourth-order valence-electron chi connectivity index (χ4n) is 1.33. The van der Waals surface area contributed by atoms with Crippen molar-refractivity contribution in [2.24, 2.45) is 0 Å². The maximum atomic E-state index is 4.23. The number of nitrogens with zero attached hydrogens (tertiary/aromatic N) is 2. The van der Waals surface area contributed by atoms with E-state index in [0.717, 1.165) is 23.0 Å². The van der Waals surface area contributed by atoms with Crippen LogP contribution in [0.2, 0.25) is 0 Å². The van der Waals surface area contributed by atoms with E-state index in [4.69, 9.17) is 0 Å². The van der Waals surface area contributed by atoms with Gasteiger partial charge in [0.15, 0.2) is 0 Å². The zero-order valence-electron chi connectivity index (χ0n) is 10.4. The van der Waals surface area contributed by atoms with Gasteiger partial charge in [-0.2, -0.15) is 0 Å². The Labute approximate surface area is 110 Å². The standard InChI is InChI=1S/C12H17N3S2/c1-12(2,3)13-8-11-15-14-10(17-11)7-9-5-4-6-16-9/h4-6,13H,7-8H2,1-3H3. The molecule has 0 bridgehead atoms. The van der Waals surface area contributed by atoms with Crippen molar-refractivity contribution in [2.75, 3.05) is 0 Å². The van der Waals surface area contributed by atoms with Gasteiger partial charge in [0.2, 0.25) is 0 Å². The van der Waals surface area contributed by atoms with E-state index in [9.17, 15) is 0 Å². The zero-order chi connectivity index (χ0) is 12.3. The van der Waals surface area contributed by atoms with Gasteiger partial charge in [0.25, 0.3) is 0 Å². The van der Waals surface area contributed by atoms with Crippen molar-refractivity contribution in [1.82, 2.24) is 15.5 Å². The quantitative estimate of drug-likeness (QED) is 0.925. The molecule has 2 heterocycles. The van der Waals surface area contributed by atoms with Gasteiger partial charge in [-0.25, -0.2) is 0 Å². The molecule has 0 fully saturated rings. The number of aromatic nitrogens is 2. The molecule has 17 heavy (non-hydrogen) atoms. The fourth-order valence-corrected chi connectivity index (χ4v) is 2.94. The normalized spacial score (nSPS) is 11.9. The van der Waals surface area contributed by atoms with Crippen LogP contribution in [-0.2, 0) is 13.0 Å². The molecule has 0 aliphatic carbocycles. The number of nitrogens with one attached hydrogen (secondary N) is 1. The molecule has 0 radical (unpaired) electrons. The van der Waals surface area contributed by atoms with E-state index in [1.807, 2.05) is 0 Å². The summed E-state index contributed by atoms with van der Waals surface area (Å²) in [5.74, 6) is 0. The average molecular weight is 267 g/mol. The van der Waals surface area contributed by atoms with Crippen LogP contribution in [0.1, 0.15) is 35.7 Å². The van der Waals surface area contributed by atoms with E-state index in [0.29, 0.717) is 0 Å². The van der Waals surface area contributed by atoms with Gasteiger partial charge in [-0.15, -0.1) is 21.5 Å². The Morgan fingerprint density at radius 1 is 1.24 bits per heavy atom. The Hall–Kier alpha value is -0.780. The molecule has 2 rings (SSSR count). The number of rotatable bonds is 4. The van der Waals surface area contributed by atoms with Crippen LogP contribution in [0.3, 0.4) is 0 Å². The maximum Gasteiger partial charge on any atom is 0.131 e. The van der Waals surface area contributed by atoms with Crippen molar-refractivity contribution in [3.8, 4) is 0 Å². The molecule has 0 saturated heterocycles. The van der Waals surface area contributed by atoms with E-state index in [2.05, 4.69) is 53.8 Å². The van der Waals surface area contributed by atoms with Gasteiger partial charge in [-0.1, -0.05) is 17.4 Å². The Morgan fingerprint density at radius 3 is 2.65 bits per heavy atom. The van der Waals surface area contributed by atoms with Crippen LogP contribution in [0, 0.1) is 0 Å². The second-order valence-corrected chi connectivity index (χ2v) is 7.13. The second kappa shape index (κ2) is 5.25. The Balaban J connectivity index is 1.92. The minimum atomic E-state index is 0.125. The molecule has 0 spiro atoms. The van der Waals surface area contributed by atoms with E-state index in [-0.39, 0.29) is 5.54 Å². The molecule has 0 amide bonds. The summed E-state index contributed by atoms with van der Waals surface area (Å²) in [4.78, 5) is 1.34. The first kappa shape index (κ1) is 12.7. The maximum absolute atomic E-state index is 4.23. The summed E-state index contributed by atoms with van der Waals surface area (Å²) < 4.78 is 0. The van der Waals surface area contributed by atoms with E-state index in [1.165, 1.54) is 4.88 Å². The highest BCUT2D eigenvalue weighted by Gasteiger charge is 2.11. The van der Waals surface area contributed by atoms with Crippen LogP contribution >= 0.6 is 22.7 Å². The molecule has 0 aromatic carbocycles.